The fourth-order valence-corrected chi connectivity index (χ4v) is 4.55. The van der Waals surface area contributed by atoms with E-state index in [0.717, 1.165) is 37.1 Å². The maximum Gasteiger partial charge on any atom is 0.419 e. The molecule has 3 aromatic rings. The van der Waals surface area contributed by atoms with E-state index < -0.39 is 29.0 Å². The van der Waals surface area contributed by atoms with Crippen LogP contribution in [0.15, 0.2) is 53.9 Å². The molecule has 0 atom stereocenters. The van der Waals surface area contributed by atoms with Crippen LogP contribution in [-0.4, -0.2) is 18.4 Å². The highest BCUT2D eigenvalue weighted by molar-refractivity contribution is 7.10. The Labute approximate surface area is 185 Å². The zero-order chi connectivity index (χ0) is 22.9. The fraction of sp³-hybridized carbons (Fsp3) is 0.217. The number of carbonyl (C=O) groups is 2. The van der Waals surface area contributed by atoms with Gasteiger partial charge in [-0.05, 0) is 67.1 Å². The Balaban J connectivity index is 1.51. The number of fused-ring (bicyclic) bond motifs is 1. The number of halogens is 4. The van der Waals surface area contributed by atoms with Gasteiger partial charge in [0.1, 0.15) is 5.82 Å². The van der Waals surface area contributed by atoms with Crippen molar-refractivity contribution in [2.24, 2.45) is 0 Å². The molecule has 2 heterocycles. The van der Waals surface area contributed by atoms with Gasteiger partial charge in [-0.1, -0.05) is 6.07 Å². The van der Waals surface area contributed by atoms with Crippen LogP contribution in [0.2, 0.25) is 0 Å². The molecular weight excluding hydrogens is 444 g/mol. The highest BCUT2D eigenvalue weighted by Crippen LogP contribution is 2.33. The number of hydrogen-bond donors (Lipinski definition) is 1. The zero-order valence-corrected chi connectivity index (χ0v) is 17.5. The molecular formula is C23H18F4N2O2S. The van der Waals surface area contributed by atoms with Gasteiger partial charge < -0.3 is 10.2 Å². The summed E-state index contributed by atoms with van der Waals surface area (Å²) in [5.74, 6) is -2.81. The number of amides is 2. The molecule has 1 aliphatic rings. The van der Waals surface area contributed by atoms with E-state index in [4.69, 9.17) is 0 Å². The van der Waals surface area contributed by atoms with Gasteiger partial charge in [-0.2, -0.15) is 13.2 Å². The molecule has 0 radical (unpaired) electrons. The number of anilines is 2. The standard InChI is InChI=1S/C23H18F4N2O2S/c24-20-16(4-3-5-17(20)23(25,26)27)21(30)28-15-9-7-14(8-10-15)22(31)29-12-2-1-6-19-18(29)11-13-32-19/h3-5,7-11,13H,1-2,6,12H2,(H,28,30). The number of benzene rings is 2. The summed E-state index contributed by atoms with van der Waals surface area (Å²) in [6, 6.07) is 10.4. The molecule has 4 nitrogen and oxygen atoms in total. The van der Waals surface area contributed by atoms with E-state index in [1.54, 1.807) is 16.2 Å². The lowest BCUT2D eigenvalue weighted by molar-refractivity contribution is -0.140. The molecule has 2 aromatic carbocycles. The minimum Gasteiger partial charge on any atom is -0.322 e. The van der Waals surface area contributed by atoms with Gasteiger partial charge in [0.15, 0.2) is 0 Å². The van der Waals surface area contributed by atoms with Crippen LogP contribution in [0.5, 0.6) is 0 Å². The van der Waals surface area contributed by atoms with Crippen molar-refractivity contribution in [1.29, 1.82) is 0 Å². The SMILES string of the molecule is O=C(Nc1ccc(C(=O)N2CCCCc3sccc32)cc1)c1cccc(C(F)(F)F)c1F. The number of thiophene rings is 1. The van der Waals surface area contributed by atoms with Gasteiger partial charge in [0, 0.05) is 22.7 Å². The number of alkyl halides is 3. The molecule has 32 heavy (non-hydrogen) atoms. The molecule has 0 saturated heterocycles. The average molecular weight is 462 g/mol. The fourth-order valence-electron chi connectivity index (χ4n) is 3.62. The maximum atomic E-state index is 14.2. The van der Waals surface area contributed by atoms with Crippen LogP contribution in [0.25, 0.3) is 0 Å². The largest absolute Gasteiger partial charge is 0.419 e. The van der Waals surface area contributed by atoms with E-state index in [0.29, 0.717) is 18.2 Å². The highest BCUT2D eigenvalue weighted by atomic mass is 32.1. The first-order chi connectivity index (χ1) is 15.3. The molecule has 2 amide bonds. The Morgan fingerprint density at radius 1 is 1.00 bits per heavy atom. The second-order valence-electron chi connectivity index (χ2n) is 7.34. The monoisotopic (exact) mass is 462 g/mol. The third kappa shape index (κ3) is 4.38. The minimum atomic E-state index is -4.90. The van der Waals surface area contributed by atoms with E-state index in [-0.39, 0.29) is 11.6 Å². The van der Waals surface area contributed by atoms with E-state index in [9.17, 15) is 27.2 Å². The first kappa shape index (κ1) is 22.0. The Bertz CT molecular complexity index is 1160. The van der Waals surface area contributed by atoms with Crippen molar-refractivity contribution in [2.45, 2.75) is 25.4 Å². The average Bonchev–Trinajstić information content (AvgIpc) is 3.12. The Morgan fingerprint density at radius 3 is 2.47 bits per heavy atom. The number of nitrogens with one attached hydrogen (secondary N) is 1. The quantitative estimate of drug-likeness (QED) is 0.475. The summed E-state index contributed by atoms with van der Waals surface area (Å²) < 4.78 is 52.8. The third-order valence-electron chi connectivity index (χ3n) is 5.23. The predicted octanol–water partition coefficient (Wildman–Crippen LogP) is 6.14. The van der Waals surface area contributed by atoms with Crippen LogP contribution in [0.1, 0.15) is 44.0 Å². The van der Waals surface area contributed by atoms with Gasteiger partial charge in [0.05, 0.1) is 16.8 Å². The van der Waals surface area contributed by atoms with E-state index in [1.807, 2.05) is 11.4 Å². The van der Waals surface area contributed by atoms with E-state index in [1.165, 1.54) is 29.1 Å². The van der Waals surface area contributed by atoms with Crippen molar-refractivity contribution >= 4 is 34.5 Å². The molecule has 4 rings (SSSR count). The molecule has 0 spiro atoms. The summed E-state index contributed by atoms with van der Waals surface area (Å²) in [6.07, 6.45) is -2.07. The number of rotatable bonds is 3. The van der Waals surface area contributed by atoms with Gasteiger partial charge in [0.2, 0.25) is 0 Å². The first-order valence-electron chi connectivity index (χ1n) is 9.91. The number of hydrogen-bond acceptors (Lipinski definition) is 3. The van der Waals surface area contributed by atoms with Crippen LogP contribution in [-0.2, 0) is 12.6 Å². The van der Waals surface area contributed by atoms with Crippen molar-refractivity contribution in [2.75, 3.05) is 16.8 Å². The number of carbonyl (C=O) groups excluding carboxylic acids is 2. The first-order valence-corrected chi connectivity index (χ1v) is 10.8. The van der Waals surface area contributed by atoms with Crippen molar-refractivity contribution < 1.29 is 27.2 Å². The van der Waals surface area contributed by atoms with Crippen LogP contribution in [0.3, 0.4) is 0 Å². The van der Waals surface area contributed by atoms with E-state index >= 15 is 0 Å². The van der Waals surface area contributed by atoms with Crippen molar-refractivity contribution in [1.82, 2.24) is 0 Å². The van der Waals surface area contributed by atoms with Crippen molar-refractivity contribution in [3.63, 3.8) is 0 Å². The lowest BCUT2D eigenvalue weighted by Crippen LogP contribution is -2.31. The summed E-state index contributed by atoms with van der Waals surface area (Å²) in [5, 5.41) is 4.34. The van der Waals surface area contributed by atoms with Crippen LogP contribution in [0, 0.1) is 5.82 Å². The third-order valence-corrected chi connectivity index (χ3v) is 6.20. The van der Waals surface area contributed by atoms with Crippen LogP contribution < -0.4 is 10.2 Å². The van der Waals surface area contributed by atoms with Gasteiger partial charge in [-0.25, -0.2) is 4.39 Å². The lowest BCUT2D eigenvalue weighted by Gasteiger charge is -2.21. The van der Waals surface area contributed by atoms with Gasteiger partial charge in [-0.3, -0.25) is 9.59 Å². The molecule has 0 unspecified atom stereocenters. The van der Waals surface area contributed by atoms with E-state index in [2.05, 4.69) is 5.32 Å². The second kappa shape index (κ2) is 8.74. The van der Waals surface area contributed by atoms with Gasteiger partial charge in [0.25, 0.3) is 11.8 Å². The topological polar surface area (TPSA) is 49.4 Å². The lowest BCUT2D eigenvalue weighted by atomic mass is 10.1. The summed E-state index contributed by atoms with van der Waals surface area (Å²) in [6.45, 7) is 0.607. The molecule has 166 valence electrons. The minimum absolute atomic E-state index is 0.173. The molecule has 1 aromatic heterocycles. The van der Waals surface area contributed by atoms with Crippen molar-refractivity contribution in [3.8, 4) is 0 Å². The summed E-state index contributed by atoms with van der Waals surface area (Å²) in [7, 11) is 0. The Hall–Kier alpha value is -3.20. The Kier molecular flexibility index (Phi) is 6.01. The number of aryl methyl sites for hydroxylation is 1. The Morgan fingerprint density at radius 2 is 1.75 bits per heavy atom. The smallest absolute Gasteiger partial charge is 0.322 e. The molecule has 0 aliphatic carbocycles. The highest BCUT2D eigenvalue weighted by Gasteiger charge is 2.35. The molecule has 1 aliphatic heterocycles. The zero-order valence-electron chi connectivity index (χ0n) is 16.7. The second-order valence-corrected chi connectivity index (χ2v) is 8.34. The van der Waals surface area contributed by atoms with Crippen LogP contribution >= 0.6 is 11.3 Å². The maximum absolute atomic E-state index is 14.2. The molecule has 0 saturated carbocycles. The van der Waals surface area contributed by atoms with Crippen molar-refractivity contribution in [3.05, 3.63) is 81.3 Å². The summed E-state index contributed by atoms with van der Waals surface area (Å²) in [5.41, 5.74) is -0.663. The number of nitrogens with zero attached hydrogens (tertiary/aromatic N) is 1. The predicted molar refractivity (Wildman–Crippen MR) is 115 cm³/mol. The van der Waals surface area contributed by atoms with Crippen LogP contribution in [0.4, 0.5) is 28.9 Å². The molecule has 0 bridgehead atoms. The molecule has 1 N–H and O–H groups in total. The van der Waals surface area contributed by atoms with Gasteiger partial charge >= 0.3 is 6.18 Å². The molecule has 9 heteroatoms. The summed E-state index contributed by atoms with van der Waals surface area (Å²) >= 11 is 1.62. The summed E-state index contributed by atoms with van der Waals surface area (Å²) in [4.78, 5) is 28.3. The molecule has 0 fully saturated rings. The van der Waals surface area contributed by atoms with Gasteiger partial charge in [-0.15, -0.1) is 11.3 Å². The normalized spacial score (nSPS) is 13.9.